The van der Waals surface area contributed by atoms with E-state index >= 15 is 0 Å². The van der Waals surface area contributed by atoms with Gasteiger partial charge in [-0.15, -0.1) is 0 Å². The van der Waals surface area contributed by atoms with Crippen LogP contribution >= 0.6 is 0 Å². The Labute approximate surface area is 140 Å². The highest BCUT2D eigenvalue weighted by atomic mass is 19.1. The van der Waals surface area contributed by atoms with Gasteiger partial charge in [-0.25, -0.2) is 9.18 Å². The lowest BCUT2D eigenvalue weighted by Crippen LogP contribution is -2.47. The Kier molecular flexibility index (Phi) is 6.40. The highest BCUT2D eigenvalue weighted by molar-refractivity contribution is 5.75. The molecule has 1 fully saturated rings. The smallest absolute Gasteiger partial charge is 0.317 e. The fraction of sp³-hybridized carbons (Fsp3) is 0.529. The summed E-state index contributed by atoms with van der Waals surface area (Å²) < 4.78 is 18.8. The number of piperidine rings is 1. The van der Waals surface area contributed by atoms with Crippen LogP contribution in [-0.4, -0.2) is 47.7 Å². The second-order valence-corrected chi connectivity index (χ2v) is 5.89. The molecule has 1 aliphatic rings. The van der Waals surface area contributed by atoms with E-state index in [0.717, 1.165) is 0 Å². The van der Waals surface area contributed by atoms with Crippen LogP contribution in [0.5, 0.6) is 5.75 Å². The van der Waals surface area contributed by atoms with Crippen molar-refractivity contribution in [2.45, 2.75) is 32.3 Å². The number of carbonyl (C=O) groups is 2. The third-order valence-electron chi connectivity index (χ3n) is 4.17. The molecule has 1 saturated heterocycles. The zero-order valence-electron chi connectivity index (χ0n) is 13.7. The number of amides is 2. The van der Waals surface area contributed by atoms with Gasteiger partial charge in [-0.1, -0.05) is 13.0 Å². The number of hydrogen-bond acceptors (Lipinski definition) is 3. The number of rotatable bonds is 6. The standard InChI is InChI=1S/C17H23FN2O4/c1-2-14(24-15-5-3-4-13(18)10-15)11-19-17(23)20-8-6-12(7-9-20)16(21)22/h3-5,10,12,14H,2,6-9,11H2,1H3,(H,19,23)(H,21,22). The average Bonchev–Trinajstić information content (AvgIpc) is 2.58. The van der Waals surface area contributed by atoms with Crippen LogP contribution in [0.1, 0.15) is 26.2 Å². The maximum Gasteiger partial charge on any atom is 0.317 e. The molecular formula is C17H23FN2O4. The molecule has 132 valence electrons. The predicted molar refractivity (Wildman–Crippen MR) is 86.4 cm³/mol. The lowest BCUT2D eigenvalue weighted by molar-refractivity contribution is -0.143. The Hall–Kier alpha value is -2.31. The Morgan fingerprint density at radius 2 is 2.12 bits per heavy atom. The third-order valence-corrected chi connectivity index (χ3v) is 4.17. The minimum absolute atomic E-state index is 0.222. The normalized spacial score (nSPS) is 16.5. The second kappa shape index (κ2) is 8.52. The predicted octanol–water partition coefficient (Wildman–Crippen LogP) is 2.49. The molecule has 2 rings (SSSR count). The lowest BCUT2D eigenvalue weighted by atomic mass is 9.97. The molecule has 1 aromatic rings. The summed E-state index contributed by atoms with van der Waals surface area (Å²) in [6.45, 7) is 3.11. The molecule has 24 heavy (non-hydrogen) atoms. The van der Waals surface area contributed by atoms with Gasteiger partial charge in [0.15, 0.2) is 0 Å². The van der Waals surface area contributed by atoms with Crippen LogP contribution in [0.3, 0.4) is 0 Å². The number of carboxylic acids is 1. The molecule has 0 radical (unpaired) electrons. The van der Waals surface area contributed by atoms with Crippen LogP contribution in [0.2, 0.25) is 0 Å². The van der Waals surface area contributed by atoms with E-state index in [0.29, 0.717) is 44.6 Å². The van der Waals surface area contributed by atoms with Gasteiger partial charge in [-0.3, -0.25) is 4.79 Å². The zero-order valence-corrected chi connectivity index (χ0v) is 13.7. The first-order valence-corrected chi connectivity index (χ1v) is 8.17. The van der Waals surface area contributed by atoms with E-state index in [-0.39, 0.29) is 23.9 Å². The molecule has 1 atom stereocenters. The highest BCUT2D eigenvalue weighted by Crippen LogP contribution is 2.17. The highest BCUT2D eigenvalue weighted by Gasteiger charge is 2.27. The topological polar surface area (TPSA) is 78.9 Å². The van der Waals surface area contributed by atoms with Crippen molar-refractivity contribution in [3.8, 4) is 5.75 Å². The summed E-state index contributed by atoms with van der Waals surface area (Å²) in [6, 6.07) is 5.67. The van der Waals surface area contributed by atoms with Gasteiger partial charge in [0, 0.05) is 19.2 Å². The number of urea groups is 1. The van der Waals surface area contributed by atoms with Gasteiger partial charge in [0.1, 0.15) is 17.7 Å². The SMILES string of the molecule is CCC(CNC(=O)N1CCC(C(=O)O)CC1)Oc1cccc(F)c1. The van der Waals surface area contributed by atoms with Crippen molar-refractivity contribution in [2.24, 2.45) is 5.92 Å². The first-order valence-electron chi connectivity index (χ1n) is 8.17. The first kappa shape index (κ1) is 18.0. The van der Waals surface area contributed by atoms with E-state index in [1.807, 2.05) is 6.92 Å². The molecule has 0 aliphatic carbocycles. The molecular weight excluding hydrogens is 315 g/mol. The maximum atomic E-state index is 13.2. The number of benzene rings is 1. The van der Waals surface area contributed by atoms with Crippen molar-refractivity contribution in [3.63, 3.8) is 0 Å². The Balaban J connectivity index is 1.78. The van der Waals surface area contributed by atoms with E-state index < -0.39 is 5.97 Å². The summed E-state index contributed by atoms with van der Waals surface area (Å²) in [5.41, 5.74) is 0. The summed E-state index contributed by atoms with van der Waals surface area (Å²) >= 11 is 0. The summed E-state index contributed by atoms with van der Waals surface area (Å²) in [4.78, 5) is 24.7. The minimum Gasteiger partial charge on any atom is -0.489 e. The quantitative estimate of drug-likeness (QED) is 0.835. The molecule has 1 aromatic carbocycles. The lowest BCUT2D eigenvalue weighted by Gasteiger charge is -2.30. The average molecular weight is 338 g/mol. The summed E-state index contributed by atoms with van der Waals surface area (Å²) in [5.74, 6) is -1.11. The fourth-order valence-electron chi connectivity index (χ4n) is 2.64. The molecule has 2 amide bonds. The Morgan fingerprint density at radius 1 is 1.42 bits per heavy atom. The number of nitrogens with one attached hydrogen (secondary N) is 1. The summed E-state index contributed by atoms with van der Waals surface area (Å²) in [6.07, 6.45) is 1.35. The van der Waals surface area contributed by atoms with Crippen LogP contribution in [0.25, 0.3) is 0 Å². The van der Waals surface area contributed by atoms with Gasteiger partial charge in [-0.05, 0) is 31.4 Å². The minimum atomic E-state index is -0.801. The Morgan fingerprint density at radius 3 is 2.71 bits per heavy atom. The van der Waals surface area contributed by atoms with Crippen molar-refractivity contribution in [1.29, 1.82) is 0 Å². The van der Waals surface area contributed by atoms with Gasteiger partial charge in [0.2, 0.25) is 0 Å². The van der Waals surface area contributed by atoms with Crippen LogP contribution < -0.4 is 10.1 Å². The van der Waals surface area contributed by atoms with Gasteiger partial charge in [0.25, 0.3) is 0 Å². The molecule has 6 nitrogen and oxygen atoms in total. The second-order valence-electron chi connectivity index (χ2n) is 5.89. The number of carboxylic acid groups (broad SMARTS) is 1. The monoisotopic (exact) mass is 338 g/mol. The molecule has 2 N–H and O–H groups in total. The molecule has 0 aromatic heterocycles. The van der Waals surface area contributed by atoms with Crippen LogP contribution in [0.4, 0.5) is 9.18 Å². The van der Waals surface area contributed by atoms with E-state index in [1.54, 1.807) is 17.0 Å². The van der Waals surface area contributed by atoms with Crippen LogP contribution in [0.15, 0.2) is 24.3 Å². The van der Waals surface area contributed by atoms with Gasteiger partial charge >= 0.3 is 12.0 Å². The van der Waals surface area contributed by atoms with E-state index in [9.17, 15) is 14.0 Å². The van der Waals surface area contributed by atoms with Gasteiger partial charge < -0.3 is 20.1 Å². The van der Waals surface area contributed by atoms with Crippen molar-refractivity contribution in [2.75, 3.05) is 19.6 Å². The van der Waals surface area contributed by atoms with Crippen LogP contribution in [0, 0.1) is 11.7 Å². The van der Waals surface area contributed by atoms with E-state index in [2.05, 4.69) is 5.32 Å². The number of likely N-dealkylation sites (tertiary alicyclic amines) is 1. The number of halogens is 1. The van der Waals surface area contributed by atoms with Crippen LogP contribution in [-0.2, 0) is 4.79 Å². The molecule has 0 bridgehead atoms. The van der Waals surface area contributed by atoms with Crippen molar-refractivity contribution in [3.05, 3.63) is 30.1 Å². The number of aliphatic carboxylic acids is 1. The summed E-state index contributed by atoms with van der Waals surface area (Å²) in [5, 5.41) is 11.8. The molecule has 0 saturated carbocycles. The molecule has 7 heteroatoms. The van der Waals surface area contributed by atoms with Crippen molar-refractivity contribution >= 4 is 12.0 Å². The molecule has 1 heterocycles. The van der Waals surface area contributed by atoms with Crippen molar-refractivity contribution in [1.82, 2.24) is 10.2 Å². The Bertz CT molecular complexity index is 573. The number of carbonyl (C=O) groups excluding carboxylic acids is 1. The van der Waals surface area contributed by atoms with E-state index in [1.165, 1.54) is 12.1 Å². The molecule has 0 spiro atoms. The third kappa shape index (κ3) is 5.11. The maximum absolute atomic E-state index is 13.2. The summed E-state index contributed by atoms with van der Waals surface area (Å²) in [7, 11) is 0. The van der Waals surface area contributed by atoms with Gasteiger partial charge in [0.05, 0.1) is 12.5 Å². The number of ether oxygens (including phenoxy) is 1. The first-order chi connectivity index (χ1) is 11.5. The zero-order chi connectivity index (χ0) is 17.5. The van der Waals surface area contributed by atoms with Gasteiger partial charge in [-0.2, -0.15) is 0 Å². The molecule has 1 aliphatic heterocycles. The number of hydrogen-bond donors (Lipinski definition) is 2. The van der Waals surface area contributed by atoms with Crippen molar-refractivity contribution < 1.29 is 23.8 Å². The molecule has 1 unspecified atom stereocenters. The largest absolute Gasteiger partial charge is 0.489 e. The van der Waals surface area contributed by atoms with E-state index in [4.69, 9.17) is 9.84 Å². The number of nitrogens with zero attached hydrogens (tertiary/aromatic N) is 1. The fourth-order valence-corrected chi connectivity index (χ4v) is 2.64.